The first kappa shape index (κ1) is 21.8. The Morgan fingerprint density at radius 3 is 2.68 bits per heavy atom. The minimum Gasteiger partial charge on any atom is -0.392 e. The SMILES string of the molecule is C=C(CO)[C@H](c1ccccc1)[C@@H](O)C[C@@H](C)[C@H]1CC[C@H]2C(=CBr)CCC[C@]12C. The Hall–Kier alpha value is -0.900. The minimum absolute atomic E-state index is 0.0897. The summed E-state index contributed by atoms with van der Waals surface area (Å²) in [5.74, 6) is 1.55. The van der Waals surface area contributed by atoms with E-state index in [4.69, 9.17) is 0 Å². The van der Waals surface area contributed by atoms with Crippen LogP contribution in [0.1, 0.15) is 63.9 Å². The molecule has 0 aliphatic heterocycles. The molecule has 0 saturated heterocycles. The molecule has 2 N–H and O–H groups in total. The molecule has 0 unspecified atom stereocenters. The number of hydrogen-bond donors (Lipinski definition) is 2. The van der Waals surface area contributed by atoms with Crippen LogP contribution in [0, 0.1) is 23.2 Å². The molecular weight excluding hydrogens is 412 g/mol. The highest BCUT2D eigenvalue weighted by Gasteiger charge is 2.50. The number of benzene rings is 1. The predicted molar refractivity (Wildman–Crippen MR) is 120 cm³/mol. The molecule has 0 radical (unpaired) electrons. The fraction of sp³-hybridized carbons (Fsp3) is 0.600. The third-order valence-corrected chi connectivity index (χ3v) is 8.25. The molecule has 0 spiro atoms. The summed E-state index contributed by atoms with van der Waals surface area (Å²) < 4.78 is 0. The number of fused-ring (bicyclic) bond motifs is 1. The Kier molecular flexibility index (Phi) is 7.22. The lowest BCUT2D eigenvalue weighted by atomic mass is 9.61. The Labute approximate surface area is 178 Å². The van der Waals surface area contributed by atoms with E-state index in [1.807, 2.05) is 30.3 Å². The summed E-state index contributed by atoms with van der Waals surface area (Å²) in [7, 11) is 0. The molecule has 2 nitrogen and oxygen atoms in total. The van der Waals surface area contributed by atoms with Gasteiger partial charge in [-0.2, -0.15) is 0 Å². The Bertz CT molecular complexity index is 698. The lowest BCUT2D eigenvalue weighted by Gasteiger charge is -2.44. The molecule has 2 aliphatic rings. The van der Waals surface area contributed by atoms with E-state index < -0.39 is 6.10 Å². The van der Waals surface area contributed by atoms with Crippen molar-refractivity contribution in [1.29, 1.82) is 0 Å². The lowest BCUT2D eigenvalue weighted by molar-refractivity contribution is 0.0572. The van der Waals surface area contributed by atoms with Crippen molar-refractivity contribution in [3.8, 4) is 0 Å². The number of aliphatic hydroxyl groups excluding tert-OH is 2. The van der Waals surface area contributed by atoms with Gasteiger partial charge in [0, 0.05) is 5.92 Å². The highest BCUT2D eigenvalue weighted by atomic mass is 79.9. The third kappa shape index (κ3) is 4.17. The number of halogens is 1. The summed E-state index contributed by atoms with van der Waals surface area (Å²) in [6.07, 6.45) is 6.53. The number of rotatable bonds is 7. The monoisotopic (exact) mass is 446 g/mol. The van der Waals surface area contributed by atoms with Gasteiger partial charge in [-0.3, -0.25) is 0 Å². The zero-order valence-corrected chi connectivity index (χ0v) is 18.9. The van der Waals surface area contributed by atoms with Gasteiger partial charge in [0.25, 0.3) is 0 Å². The number of allylic oxidation sites excluding steroid dienone is 1. The zero-order chi connectivity index (χ0) is 20.3. The van der Waals surface area contributed by atoms with Crippen LogP contribution < -0.4 is 0 Å². The van der Waals surface area contributed by atoms with Crippen molar-refractivity contribution in [2.24, 2.45) is 23.2 Å². The van der Waals surface area contributed by atoms with Crippen LogP contribution in [0.3, 0.4) is 0 Å². The summed E-state index contributed by atoms with van der Waals surface area (Å²) in [5, 5.41) is 20.9. The van der Waals surface area contributed by atoms with E-state index in [-0.39, 0.29) is 12.5 Å². The number of aliphatic hydroxyl groups is 2. The molecular formula is C25H35BrO2. The summed E-state index contributed by atoms with van der Waals surface area (Å²) >= 11 is 3.60. The Morgan fingerprint density at radius 2 is 2.04 bits per heavy atom. The quantitative estimate of drug-likeness (QED) is 0.489. The second kappa shape index (κ2) is 9.28. The molecule has 2 aliphatic carbocycles. The van der Waals surface area contributed by atoms with E-state index >= 15 is 0 Å². The van der Waals surface area contributed by atoms with Gasteiger partial charge in [-0.15, -0.1) is 0 Å². The van der Waals surface area contributed by atoms with Gasteiger partial charge in [-0.05, 0) is 77.8 Å². The van der Waals surface area contributed by atoms with Gasteiger partial charge in [0.15, 0.2) is 0 Å². The van der Waals surface area contributed by atoms with Gasteiger partial charge in [0.05, 0.1) is 12.7 Å². The van der Waals surface area contributed by atoms with Crippen LogP contribution in [0.2, 0.25) is 0 Å². The van der Waals surface area contributed by atoms with Crippen LogP contribution in [-0.2, 0) is 0 Å². The van der Waals surface area contributed by atoms with Crippen molar-refractivity contribution in [3.63, 3.8) is 0 Å². The summed E-state index contributed by atoms with van der Waals surface area (Å²) in [6.45, 7) is 8.76. The topological polar surface area (TPSA) is 40.5 Å². The zero-order valence-electron chi connectivity index (χ0n) is 17.3. The van der Waals surface area contributed by atoms with Gasteiger partial charge in [-0.25, -0.2) is 0 Å². The molecule has 1 aromatic carbocycles. The largest absolute Gasteiger partial charge is 0.392 e. The molecule has 3 rings (SSSR count). The Balaban J connectivity index is 1.76. The fourth-order valence-electron chi connectivity index (χ4n) is 6.32. The lowest BCUT2D eigenvalue weighted by Crippen LogP contribution is -2.37. The number of hydrogen-bond acceptors (Lipinski definition) is 2. The van der Waals surface area contributed by atoms with Gasteiger partial charge in [0.2, 0.25) is 0 Å². The van der Waals surface area contributed by atoms with Crippen LogP contribution in [0.4, 0.5) is 0 Å². The van der Waals surface area contributed by atoms with Crippen molar-refractivity contribution in [2.45, 2.75) is 64.4 Å². The van der Waals surface area contributed by atoms with Gasteiger partial charge >= 0.3 is 0 Å². The second-order valence-corrected chi connectivity index (χ2v) is 9.72. The molecule has 0 amide bonds. The smallest absolute Gasteiger partial charge is 0.0649 e. The fourth-order valence-corrected chi connectivity index (χ4v) is 6.86. The van der Waals surface area contributed by atoms with E-state index in [0.29, 0.717) is 28.7 Å². The summed E-state index contributed by atoms with van der Waals surface area (Å²) in [5.41, 5.74) is 3.66. The van der Waals surface area contributed by atoms with Gasteiger partial charge < -0.3 is 10.2 Å². The van der Waals surface area contributed by atoms with Crippen LogP contribution in [0.25, 0.3) is 0 Å². The maximum Gasteiger partial charge on any atom is 0.0649 e. The molecule has 3 heteroatoms. The average Bonchev–Trinajstić information content (AvgIpc) is 3.05. The molecule has 28 heavy (non-hydrogen) atoms. The predicted octanol–water partition coefficient (Wildman–Crippen LogP) is 6.20. The molecule has 6 atom stereocenters. The Morgan fingerprint density at radius 1 is 1.32 bits per heavy atom. The second-order valence-electron chi connectivity index (χ2n) is 9.26. The third-order valence-electron chi connectivity index (χ3n) is 7.66. The van der Waals surface area contributed by atoms with E-state index in [0.717, 1.165) is 12.0 Å². The van der Waals surface area contributed by atoms with E-state index in [1.54, 1.807) is 5.57 Å². The first-order valence-electron chi connectivity index (χ1n) is 10.7. The molecule has 0 heterocycles. The normalized spacial score (nSPS) is 32.0. The summed E-state index contributed by atoms with van der Waals surface area (Å²) in [4.78, 5) is 2.17. The molecule has 2 saturated carbocycles. The maximum atomic E-state index is 11.2. The first-order chi connectivity index (χ1) is 13.4. The van der Waals surface area contributed by atoms with Crippen molar-refractivity contribution < 1.29 is 10.2 Å². The van der Waals surface area contributed by atoms with Crippen molar-refractivity contribution in [3.05, 3.63) is 58.6 Å². The highest BCUT2D eigenvalue weighted by Crippen LogP contribution is 2.60. The van der Waals surface area contributed by atoms with Gasteiger partial charge in [-0.1, -0.05) is 72.3 Å². The molecule has 1 aromatic rings. The standard InChI is InChI=1S/C25H35BrO2/c1-17(21-11-12-22-20(15-26)10-7-13-25(21,22)3)14-23(28)24(18(2)16-27)19-8-5-4-6-9-19/h4-6,8-9,15,17,21-24,27-28H,2,7,10-14,16H2,1,3H3/t17-,21-,22+,23+,24-,25-/m1/s1. The molecule has 154 valence electrons. The highest BCUT2D eigenvalue weighted by molar-refractivity contribution is 9.11. The molecule has 0 aromatic heterocycles. The van der Waals surface area contributed by atoms with Crippen LogP contribution in [-0.4, -0.2) is 22.9 Å². The van der Waals surface area contributed by atoms with Crippen LogP contribution in [0.5, 0.6) is 0 Å². The van der Waals surface area contributed by atoms with Crippen molar-refractivity contribution in [1.82, 2.24) is 0 Å². The van der Waals surface area contributed by atoms with Gasteiger partial charge in [0.1, 0.15) is 0 Å². The first-order valence-corrected chi connectivity index (χ1v) is 11.6. The average molecular weight is 447 g/mol. The van der Waals surface area contributed by atoms with Crippen molar-refractivity contribution in [2.75, 3.05) is 6.61 Å². The van der Waals surface area contributed by atoms with Crippen LogP contribution in [0.15, 0.2) is 53.0 Å². The molecule has 0 bridgehead atoms. The van der Waals surface area contributed by atoms with E-state index in [1.165, 1.54) is 32.1 Å². The van der Waals surface area contributed by atoms with Crippen LogP contribution >= 0.6 is 15.9 Å². The molecule has 2 fully saturated rings. The van der Waals surface area contributed by atoms with E-state index in [9.17, 15) is 10.2 Å². The van der Waals surface area contributed by atoms with E-state index in [2.05, 4.69) is 41.3 Å². The maximum absolute atomic E-state index is 11.2. The summed E-state index contributed by atoms with van der Waals surface area (Å²) in [6, 6.07) is 10.0. The van der Waals surface area contributed by atoms with Crippen molar-refractivity contribution >= 4 is 15.9 Å². The minimum atomic E-state index is -0.519.